The molecule has 0 spiro atoms. The highest BCUT2D eigenvalue weighted by atomic mass is 35.5. The summed E-state index contributed by atoms with van der Waals surface area (Å²) in [6.07, 6.45) is 0. The van der Waals surface area contributed by atoms with Gasteiger partial charge in [0.2, 0.25) is 5.91 Å². The summed E-state index contributed by atoms with van der Waals surface area (Å²) in [4.78, 5) is 13.3. The molecule has 0 heterocycles. The molecule has 0 atom stereocenters. The maximum Gasteiger partial charge on any atom is 0.242 e. The molecule has 0 N–H and O–H groups in total. The van der Waals surface area contributed by atoms with Crippen LogP contribution in [0.4, 0.5) is 5.69 Å². The number of carbonyl (C=O) groups is 1. The number of hydrogen-bond donors (Lipinski definition) is 0. The van der Waals surface area contributed by atoms with E-state index in [1.807, 2.05) is 44.2 Å². The van der Waals surface area contributed by atoms with Crippen molar-refractivity contribution in [3.63, 3.8) is 0 Å². The molecular formula is C18H21Cl2NO. The molecule has 0 bridgehead atoms. The molecular weight excluding hydrogens is 317 g/mol. The summed E-state index contributed by atoms with van der Waals surface area (Å²) >= 11 is 11.3. The smallest absolute Gasteiger partial charge is 0.242 e. The standard InChI is InChI=1S/C11H13Cl2NO.C7H8/c1-8(2)14(11(15)7-12)10-5-3-9(13)4-6-10;1-7-5-3-2-4-6-7/h3-6,8H,7H2,1-2H3;2-6H,1H3. The summed E-state index contributed by atoms with van der Waals surface area (Å²) in [7, 11) is 0. The first-order chi connectivity index (χ1) is 10.5. The second-order valence-corrected chi connectivity index (χ2v) is 5.83. The molecule has 0 unspecified atom stereocenters. The maximum absolute atomic E-state index is 11.6. The first-order valence-corrected chi connectivity index (χ1v) is 8.02. The van der Waals surface area contributed by atoms with Crippen molar-refractivity contribution in [1.82, 2.24) is 0 Å². The molecule has 0 fully saturated rings. The van der Waals surface area contributed by atoms with Crippen LogP contribution in [0.5, 0.6) is 0 Å². The maximum atomic E-state index is 11.6. The van der Waals surface area contributed by atoms with E-state index in [1.165, 1.54) is 5.56 Å². The van der Waals surface area contributed by atoms with E-state index >= 15 is 0 Å². The molecule has 0 radical (unpaired) electrons. The van der Waals surface area contributed by atoms with Crippen molar-refractivity contribution in [1.29, 1.82) is 0 Å². The second-order valence-electron chi connectivity index (χ2n) is 5.12. The lowest BCUT2D eigenvalue weighted by Gasteiger charge is -2.26. The minimum atomic E-state index is -0.103. The molecule has 2 aromatic carbocycles. The molecule has 22 heavy (non-hydrogen) atoms. The van der Waals surface area contributed by atoms with Gasteiger partial charge in [-0.1, -0.05) is 47.5 Å². The van der Waals surface area contributed by atoms with E-state index in [2.05, 4.69) is 19.1 Å². The van der Waals surface area contributed by atoms with Crippen molar-refractivity contribution >= 4 is 34.8 Å². The van der Waals surface area contributed by atoms with Crippen molar-refractivity contribution in [2.24, 2.45) is 0 Å². The van der Waals surface area contributed by atoms with Crippen LogP contribution in [0.3, 0.4) is 0 Å². The van der Waals surface area contributed by atoms with Crippen LogP contribution in [-0.2, 0) is 4.79 Å². The van der Waals surface area contributed by atoms with Gasteiger partial charge in [-0.15, -0.1) is 11.6 Å². The van der Waals surface area contributed by atoms with Gasteiger partial charge in [0.25, 0.3) is 0 Å². The lowest BCUT2D eigenvalue weighted by atomic mass is 10.2. The first-order valence-electron chi connectivity index (χ1n) is 7.11. The predicted molar refractivity (Wildman–Crippen MR) is 96.0 cm³/mol. The Morgan fingerprint density at radius 1 is 1.05 bits per heavy atom. The van der Waals surface area contributed by atoms with E-state index in [0.717, 1.165) is 5.69 Å². The zero-order chi connectivity index (χ0) is 16.5. The molecule has 1 amide bonds. The number of anilines is 1. The molecule has 0 aromatic heterocycles. The van der Waals surface area contributed by atoms with E-state index in [0.29, 0.717) is 5.02 Å². The first kappa shape index (κ1) is 18.5. The molecule has 0 saturated heterocycles. The highest BCUT2D eigenvalue weighted by molar-refractivity contribution is 6.31. The van der Waals surface area contributed by atoms with Crippen LogP contribution in [0.25, 0.3) is 0 Å². The van der Waals surface area contributed by atoms with Gasteiger partial charge in [-0.2, -0.15) is 0 Å². The summed E-state index contributed by atoms with van der Waals surface area (Å²) in [6.45, 7) is 5.97. The Morgan fingerprint density at radius 2 is 1.59 bits per heavy atom. The van der Waals surface area contributed by atoms with Crippen LogP contribution in [-0.4, -0.2) is 17.8 Å². The molecule has 0 saturated carbocycles. The van der Waals surface area contributed by atoms with Crippen molar-refractivity contribution in [3.05, 3.63) is 65.2 Å². The lowest BCUT2D eigenvalue weighted by Crippen LogP contribution is -2.37. The van der Waals surface area contributed by atoms with Crippen LogP contribution in [0.15, 0.2) is 54.6 Å². The van der Waals surface area contributed by atoms with Gasteiger partial charge < -0.3 is 4.90 Å². The Kier molecular flexibility index (Phi) is 8.00. The Balaban J connectivity index is 0.000000287. The number of carbonyl (C=O) groups excluding carboxylic acids is 1. The van der Waals surface area contributed by atoms with Gasteiger partial charge in [0.15, 0.2) is 0 Å². The molecule has 0 aliphatic heterocycles. The predicted octanol–water partition coefficient (Wildman–Crippen LogP) is 5.32. The number of halogens is 2. The number of alkyl halides is 1. The third-order valence-electron chi connectivity index (χ3n) is 2.94. The molecule has 2 aromatic rings. The number of amides is 1. The average molecular weight is 338 g/mol. The Hall–Kier alpha value is -1.51. The number of nitrogens with zero attached hydrogens (tertiary/aromatic N) is 1. The fourth-order valence-corrected chi connectivity index (χ4v) is 2.19. The van der Waals surface area contributed by atoms with E-state index < -0.39 is 0 Å². The monoisotopic (exact) mass is 337 g/mol. The van der Waals surface area contributed by atoms with Crippen LogP contribution >= 0.6 is 23.2 Å². The van der Waals surface area contributed by atoms with E-state index in [4.69, 9.17) is 23.2 Å². The van der Waals surface area contributed by atoms with Gasteiger partial charge in [0, 0.05) is 16.8 Å². The van der Waals surface area contributed by atoms with Gasteiger partial charge >= 0.3 is 0 Å². The van der Waals surface area contributed by atoms with E-state index in [-0.39, 0.29) is 17.8 Å². The van der Waals surface area contributed by atoms with Gasteiger partial charge in [0.05, 0.1) is 0 Å². The summed E-state index contributed by atoms with van der Waals surface area (Å²) < 4.78 is 0. The fraction of sp³-hybridized carbons (Fsp3) is 0.278. The number of rotatable bonds is 3. The zero-order valence-corrected chi connectivity index (χ0v) is 14.6. The van der Waals surface area contributed by atoms with Crippen molar-refractivity contribution in [2.45, 2.75) is 26.8 Å². The molecule has 4 heteroatoms. The molecule has 118 valence electrons. The second kappa shape index (κ2) is 9.50. The normalized spacial score (nSPS) is 9.91. The quantitative estimate of drug-likeness (QED) is 0.694. The minimum Gasteiger partial charge on any atom is -0.309 e. The van der Waals surface area contributed by atoms with Crippen molar-refractivity contribution < 1.29 is 4.79 Å². The molecule has 0 aliphatic rings. The summed E-state index contributed by atoms with van der Waals surface area (Å²) in [5, 5.41) is 0.653. The van der Waals surface area contributed by atoms with Crippen molar-refractivity contribution in [2.75, 3.05) is 10.8 Å². The Bertz CT molecular complexity index is 567. The van der Waals surface area contributed by atoms with Crippen molar-refractivity contribution in [3.8, 4) is 0 Å². The van der Waals surface area contributed by atoms with Crippen LogP contribution < -0.4 is 4.90 Å². The third-order valence-corrected chi connectivity index (χ3v) is 3.43. The Labute approximate surface area is 142 Å². The largest absolute Gasteiger partial charge is 0.309 e. The topological polar surface area (TPSA) is 20.3 Å². The number of benzene rings is 2. The van der Waals surface area contributed by atoms with Crippen LogP contribution in [0, 0.1) is 6.92 Å². The molecule has 0 aliphatic carbocycles. The minimum absolute atomic E-state index is 0.0131. The van der Waals surface area contributed by atoms with Crippen LogP contribution in [0.1, 0.15) is 19.4 Å². The molecule has 2 rings (SSSR count). The third kappa shape index (κ3) is 6.08. The van der Waals surface area contributed by atoms with E-state index in [9.17, 15) is 4.79 Å². The number of aryl methyl sites for hydroxylation is 1. The SMILES string of the molecule is CC(C)N(C(=O)CCl)c1ccc(Cl)cc1.Cc1ccccc1. The zero-order valence-electron chi connectivity index (χ0n) is 13.1. The van der Waals surface area contributed by atoms with E-state index in [1.54, 1.807) is 17.0 Å². The summed E-state index contributed by atoms with van der Waals surface area (Å²) in [5.41, 5.74) is 2.14. The fourth-order valence-electron chi connectivity index (χ4n) is 1.93. The summed E-state index contributed by atoms with van der Waals surface area (Å²) in [6, 6.07) is 17.5. The highest BCUT2D eigenvalue weighted by Gasteiger charge is 2.17. The van der Waals surface area contributed by atoms with Gasteiger partial charge in [-0.05, 0) is 45.0 Å². The highest BCUT2D eigenvalue weighted by Crippen LogP contribution is 2.20. The molecule has 2 nitrogen and oxygen atoms in total. The lowest BCUT2D eigenvalue weighted by molar-refractivity contribution is -0.116. The van der Waals surface area contributed by atoms with Gasteiger partial charge in [0.1, 0.15) is 5.88 Å². The van der Waals surface area contributed by atoms with Gasteiger partial charge in [-0.25, -0.2) is 0 Å². The average Bonchev–Trinajstić information content (AvgIpc) is 2.50. The van der Waals surface area contributed by atoms with Gasteiger partial charge in [-0.3, -0.25) is 4.79 Å². The van der Waals surface area contributed by atoms with Crippen LogP contribution in [0.2, 0.25) is 5.02 Å². The Morgan fingerprint density at radius 3 is 1.95 bits per heavy atom. The summed E-state index contributed by atoms with van der Waals surface area (Å²) in [5.74, 6) is -0.116. The number of hydrogen-bond acceptors (Lipinski definition) is 1.